The van der Waals surface area contributed by atoms with Crippen LogP contribution in [-0.2, 0) is 17.9 Å². The maximum atomic E-state index is 11.1. The second-order valence-corrected chi connectivity index (χ2v) is 6.93. The zero-order chi connectivity index (χ0) is 19.4. The van der Waals surface area contributed by atoms with Crippen LogP contribution in [0.25, 0.3) is 11.3 Å². The average molecular weight is 363 g/mol. The number of nitrogens with zero attached hydrogens (tertiary/aromatic N) is 2. The Kier molecular flexibility index (Phi) is 5.72. The maximum Gasteiger partial charge on any atom is 0.320 e. The van der Waals surface area contributed by atoms with Gasteiger partial charge in [0.25, 0.3) is 0 Å². The molecule has 2 N–H and O–H groups in total. The second-order valence-electron chi connectivity index (χ2n) is 6.93. The molecule has 0 radical (unpaired) electrons. The van der Waals surface area contributed by atoms with Crippen molar-refractivity contribution < 1.29 is 9.90 Å². The van der Waals surface area contributed by atoms with Gasteiger partial charge in [-0.3, -0.25) is 9.48 Å². The summed E-state index contributed by atoms with van der Waals surface area (Å²) in [6.07, 6.45) is 2.00. The van der Waals surface area contributed by atoms with E-state index in [2.05, 4.69) is 49.5 Å². The van der Waals surface area contributed by atoms with E-state index in [1.54, 1.807) is 6.92 Å². The summed E-state index contributed by atoms with van der Waals surface area (Å²) in [7, 11) is 0. The third-order valence-electron chi connectivity index (χ3n) is 4.77. The highest BCUT2D eigenvalue weighted by atomic mass is 16.4. The summed E-state index contributed by atoms with van der Waals surface area (Å²) in [4.78, 5) is 11.1. The maximum absolute atomic E-state index is 11.1. The van der Waals surface area contributed by atoms with E-state index >= 15 is 0 Å². The molecule has 140 valence electrons. The van der Waals surface area contributed by atoms with Crippen LogP contribution in [0.1, 0.15) is 29.2 Å². The van der Waals surface area contributed by atoms with Crippen LogP contribution in [-0.4, -0.2) is 26.9 Å². The standard InChI is InChI=1S/C22H25N3O2/c1-15-9-10-19(11-16(15)2)21-20(12-23-17(3)22(26)27)14-25(24-21)13-18-7-5-4-6-8-18/h4-11,14,17,23H,12-13H2,1-3H3,(H,26,27)/t17-/m0/s1. The molecule has 0 unspecified atom stereocenters. The van der Waals surface area contributed by atoms with Crippen molar-refractivity contribution in [1.29, 1.82) is 0 Å². The molecule has 0 aliphatic rings. The van der Waals surface area contributed by atoms with Crippen molar-refractivity contribution in [2.45, 2.75) is 39.9 Å². The van der Waals surface area contributed by atoms with Crippen LogP contribution < -0.4 is 5.32 Å². The van der Waals surface area contributed by atoms with Crippen LogP contribution in [0.4, 0.5) is 0 Å². The fourth-order valence-corrected chi connectivity index (χ4v) is 2.93. The molecule has 1 atom stereocenters. The number of aliphatic carboxylic acids is 1. The summed E-state index contributed by atoms with van der Waals surface area (Å²) in [6.45, 7) is 6.94. The van der Waals surface area contributed by atoms with E-state index in [0.717, 1.165) is 16.8 Å². The van der Waals surface area contributed by atoms with Crippen LogP contribution in [0.15, 0.2) is 54.7 Å². The minimum atomic E-state index is -0.862. The number of rotatable bonds is 7. The monoisotopic (exact) mass is 363 g/mol. The van der Waals surface area contributed by atoms with Crippen LogP contribution in [0.5, 0.6) is 0 Å². The first-order valence-electron chi connectivity index (χ1n) is 9.08. The fraction of sp³-hybridized carbons (Fsp3) is 0.273. The lowest BCUT2D eigenvalue weighted by Gasteiger charge is -2.09. The van der Waals surface area contributed by atoms with Gasteiger partial charge >= 0.3 is 5.97 Å². The van der Waals surface area contributed by atoms with E-state index in [0.29, 0.717) is 13.1 Å². The Morgan fingerprint density at radius 3 is 2.56 bits per heavy atom. The molecule has 2 aromatic carbocycles. The molecular weight excluding hydrogens is 338 g/mol. The second kappa shape index (κ2) is 8.18. The summed E-state index contributed by atoms with van der Waals surface area (Å²) in [5.41, 5.74) is 6.54. The van der Waals surface area contributed by atoms with Crippen molar-refractivity contribution in [1.82, 2.24) is 15.1 Å². The summed E-state index contributed by atoms with van der Waals surface area (Å²) in [5, 5.41) is 17.0. The highest BCUT2D eigenvalue weighted by Crippen LogP contribution is 2.25. The SMILES string of the molecule is Cc1ccc(-c2nn(Cc3ccccc3)cc2CN[C@@H](C)C(=O)O)cc1C. The first-order chi connectivity index (χ1) is 12.9. The Morgan fingerprint density at radius 1 is 1.15 bits per heavy atom. The zero-order valence-electron chi connectivity index (χ0n) is 15.9. The van der Waals surface area contributed by atoms with Gasteiger partial charge in [0, 0.05) is 23.9 Å². The van der Waals surface area contributed by atoms with E-state index in [9.17, 15) is 4.79 Å². The molecule has 3 rings (SSSR count). The third kappa shape index (κ3) is 4.63. The van der Waals surface area contributed by atoms with Crippen LogP contribution in [0.3, 0.4) is 0 Å². The predicted molar refractivity (Wildman–Crippen MR) is 107 cm³/mol. The number of aryl methyl sites for hydroxylation is 2. The Hall–Kier alpha value is -2.92. The van der Waals surface area contributed by atoms with Crippen LogP contribution in [0, 0.1) is 13.8 Å². The average Bonchev–Trinajstić information content (AvgIpc) is 3.05. The largest absolute Gasteiger partial charge is 0.480 e. The van der Waals surface area contributed by atoms with Crippen LogP contribution in [0.2, 0.25) is 0 Å². The molecule has 3 aromatic rings. The number of nitrogens with one attached hydrogen (secondary N) is 1. The molecule has 1 aromatic heterocycles. The lowest BCUT2D eigenvalue weighted by molar-refractivity contribution is -0.139. The van der Waals surface area contributed by atoms with Crippen LogP contribution >= 0.6 is 0 Å². The van der Waals surface area contributed by atoms with E-state index in [1.165, 1.54) is 16.7 Å². The highest BCUT2D eigenvalue weighted by Gasteiger charge is 2.15. The molecule has 0 aliphatic carbocycles. The first-order valence-corrected chi connectivity index (χ1v) is 9.08. The van der Waals surface area contributed by atoms with Crippen molar-refractivity contribution in [2.75, 3.05) is 0 Å². The fourth-order valence-electron chi connectivity index (χ4n) is 2.93. The summed E-state index contributed by atoms with van der Waals surface area (Å²) in [5.74, 6) is -0.862. The lowest BCUT2D eigenvalue weighted by atomic mass is 10.0. The highest BCUT2D eigenvalue weighted by molar-refractivity contribution is 5.73. The Morgan fingerprint density at radius 2 is 1.89 bits per heavy atom. The molecule has 0 saturated carbocycles. The van der Waals surface area contributed by atoms with Gasteiger partial charge in [-0.1, -0.05) is 42.5 Å². The molecule has 0 bridgehead atoms. The molecule has 0 amide bonds. The quantitative estimate of drug-likeness (QED) is 0.670. The first kappa shape index (κ1) is 18.9. The smallest absolute Gasteiger partial charge is 0.320 e. The van der Waals surface area contributed by atoms with Gasteiger partial charge < -0.3 is 10.4 Å². The topological polar surface area (TPSA) is 67.2 Å². The molecule has 0 spiro atoms. The summed E-state index contributed by atoms with van der Waals surface area (Å²) >= 11 is 0. The zero-order valence-corrected chi connectivity index (χ0v) is 15.9. The molecule has 5 heteroatoms. The number of hydrogen-bond acceptors (Lipinski definition) is 3. The van der Waals surface area contributed by atoms with Crippen molar-refractivity contribution >= 4 is 5.97 Å². The summed E-state index contributed by atoms with van der Waals surface area (Å²) in [6, 6.07) is 15.9. The van der Waals surface area contributed by atoms with Gasteiger partial charge in [0.1, 0.15) is 6.04 Å². The number of carboxylic acids is 1. The third-order valence-corrected chi connectivity index (χ3v) is 4.77. The van der Waals surface area contributed by atoms with Gasteiger partial charge in [0.2, 0.25) is 0 Å². The predicted octanol–water partition coefficient (Wildman–Crippen LogP) is 3.78. The molecule has 5 nitrogen and oxygen atoms in total. The molecular formula is C22H25N3O2. The van der Waals surface area contributed by atoms with E-state index in [4.69, 9.17) is 10.2 Å². The van der Waals surface area contributed by atoms with E-state index in [1.807, 2.05) is 29.1 Å². The van der Waals surface area contributed by atoms with Crippen molar-refractivity contribution in [3.05, 3.63) is 77.0 Å². The lowest BCUT2D eigenvalue weighted by Crippen LogP contribution is -2.33. The van der Waals surface area contributed by atoms with Crippen molar-refractivity contribution in [2.24, 2.45) is 0 Å². The molecule has 0 saturated heterocycles. The van der Waals surface area contributed by atoms with Gasteiger partial charge in [0.15, 0.2) is 0 Å². The van der Waals surface area contributed by atoms with Gasteiger partial charge in [-0.2, -0.15) is 5.10 Å². The summed E-state index contributed by atoms with van der Waals surface area (Å²) < 4.78 is 1.92. The molecule has 0 fully saturated rings. The number of carbonyl (C=O) groups is 1. The Labute approximate surface area is 159 Å². The molecule has 27 heavy (non-hydrogen) atoms. The van der Waals surface area contributed by atoms with Crippen molar-refractivity contribution in [3.63, 3.8) is 0 Å². The van der Waals surface area contributed by atoms with Gasteiger partial charge in [-0.05, 0) is 43.5 Å². The molecule has 0 aliphatic heterocycles. The molecule has 1 heterocycles. The Balaban J connectivity index is 1.92. The minimum absolute atomic E-state index is 0.449. The van der Waals surface area contributed by atoms with Crippen molar-refractivity contribution in [3.8, 4) is 11.3 Å². The van der Waals surface area contributed by atoms with Gasteiger partial charge in [0.05, 0.1) is 12.2 Å². The van der Waals surface area contributed by atoms with E-state index < -0.39 is 12.0 Å². The Bertz CT molecular complexity index is 932. The number of benzene rings is 2. The normalized spacial score (nSPS) is 12.1. The number of hydrogen-bond donors (Lipinski definition) is 2. The number of carboxylic acid groups (broad SMARTS) is 1. The van der Waals surface area contributed by atoms with E-state index in [-0.39, 0.29) is 0 Å². The van der Waals surface area contributed by atoms with Gasteiger partial charge in [-0.25, -0.2) is 0 Å². The number of aromatic nitrogens is 2. The van der Waals surface area contributed by atoms with Gasteiger partial charge in [-0.15, -0.1) is 0 Å². The minimum Gasteiger partial charge on any atom is -0.480 e.